The van der Waals surface area contributed by atoms with Gasteiger partial charge in [0.05, 0.1) is 4.90 Å². The van der Waals surface area contributed by atoms with E-state index >= 15 is 0 Å². The molecule has 2 aromatic rings. The van der Waals surface area contributed by atoms with Gasteiger partial charge in [0, 0.05) is 37.8 Å². The molecule has 0 atom stereocenters. The quantitative estimate of drug-likeness (QED) is 0.767. The lowest BCUT2D eigenvalue weighted by Gasteiger charge is -2.34. The maximum atomic E-state index is 13.0. The van der Waals surface area contributed by atoms with Crippen LogP contribution in [0.3, 0.4) is 0 Å². The summed E-state index contributed by atoms with van der Waals surface area (Å²) in [6.07, 6.45) is 0. The van der Waals surface area contributed by atoms with Crippen LogP contribution in [0.1, 0.15) is 21.5 Å². The summed E-state index contributed by atoms with van der Waals surface area (Å²) in [7, 11) is -3.66. The van der Waals surface area contributed by atoms with Gasteiger partial charge in [0.15, 0.2) is 11.5 Å². The van der Waals surface area contributed by atoms with Crippen molar-refractivity contribution in [2.75, 3.05) is 39.4 Å². The minimum atomic E-state index is -3.66. The summed E-state index contributed by atoms with van der Waals surface area (Å²) in [6, 6.07) is 10.4. The van der Waals surface area contributed by atoms with Crippen molar-refractivity contribution in [1.82, 2.24) is 9.21 Å². The van der Waals surface area contributed by atoms with E-state index in [2.05, 4.69) is 0 Å². The van der Waals surface area contributed by atoms with Gasteiger partial charge in [-0.15, -0.1) is 0 Å². The van der Waals surface area contributed by atoms with Crippen molar-refractivity contribution in [3.05, 3.63) is 53.1 Å². The van der Waals surface area contributed by atoms with Crippen molar-refractivity contribution < 1.29 is 22.7 Å². The van der Waals surface area contributed by atoms with Crippen molar-refractivity contribution in [2.24, 2.45) is 0 Å². The Bertz CT molecular complexity index is 1040. The first kappa shape index (κ1) is 19.7. The van der Waals surface area contributed by atoms with E-state index in [0.29, 0.717) is 43.4 Å². The fourth-order valence-corrected chi connectivity index (χ4v) is 5.13. The van der Waals surface area contributed by atoms with Gasteiger partial charge in [0.2, 0.25) is 10.0 Å². The van der Waals surface area contributed by atoms with Gasteiger partial charge in [-0.25, -0.2) is 8.42 Å². The van der Waals surface area contributed by atoms with E-state index in [9.17, 15) is 13.2 Å². The highest BCUT2D eigenvalue weighted by atomic mass is 32.2. The number of sulfonamides is 1. The molecule has 0 spiro atoms. The van der Waals surface area contributed by atoms with Gasteiger partial charge in [-0.2, -0.15) is 4.31 Å². The smallest absolute Gasteiger partial charge is 0.254 e. The van der Waals surface area contributed by atoms with E-state index in [1.54, 1.807) is 11.0 Å². The van der Waals surface area contributed by atoms with E-state index < -0.39 is 10.0 Å². The van der Waals surface area contributed by atoms with Crippen molar-refractivity contribution in [1.29, 1.82) is 0 Å². The van der Waals surface area contributed by atoms with Crippen molar-refractivity contribution in [2.45, 2.75) is 18.7 Å². The molecule has 2 aliphatic heterocycles. The third kappa shape index (κ3) is 3.82. The van der Waals surface area contributed by atoms with Crippen LogP contribution in [0.25, 0.3) is 0 Å². The first-order valence-electron chi connectivity index (χ1n) is 9.62. The molecule has 7 nitrogen and oxygen atoms in total. The zero-order chi connectivity index (χ0) is 20.6. The van der Waals surface area contributed by atoms with Crippen LogP contribution in [0, 0.1) is 13.8 Å². The molecule has 2 aromatic carbocycles. The minimum absolute atomic E-state index is 0.0566. The van der Waals surface area contributed by atoms with Crippen molar-refractivity contribution >= 4 is 15.9 Å². The molecule has 2 heterocycles. The van der Waals surface area contributed by atoms with Crippen LogP contribution in [-0.2, 0) is 10.0 Å². The highest BCUT2D eigenvalue weighted by molar-refractivity contribution is 7.89. The number of rotatable bonds is 3. The van der Waals surface area contributed by atoms with Gasteiger partial charge in [-0.05, 0) is 37.6 Å². The van der Waals surface area contributed by atoms with Crippen LogP contribution >= 0.6 is 0 Å². The highest BCUT2D eigenvalue weighted by Gasteiger charge is 2.31. The molecule has 0 unspecified atom stereocenters. The Hall–Kier alpha value is -2.58. The lowest BCUT2D eigenvalue weighted by atomic mass is 10.0. The second-order valence-corrected chi connectivity index (χ2v) is 9.26. The largest absolute Gasteiger partial charge is 0.486 e. The number of hydrogen-bond donors (Lipinski definition) is 0. The number of aryl methyl sites for hydroxylation is 2. The van der Waals surface area contributed by atoms with Crippen LogP contribution in [0.5, 0.6) is 11.5 Å². The Morgan fingerprint density at radius 2 is 1.59 bits per heavy atom. The SMILES string of the molecule is Cc1ccc(C(=O)N2CCN(S(=O)(=O)c3ccc4c(c3)OCCO4)CC2)c(C)c1. The Labute approximate surface area is 170 Å². The third-order valence-electron chi connectivity index (χ3n) is 5.29. The molecular formula is C21H24N2O5S. The predicted octanol–water partition coefficient (Wildman–Crippen LogP) is 2.22. The fraction of sp³-hybridized carbons (Fsp3) is 0.381. The lowest BCUT2D eigenvalue weighted by Crippen LogP contribution is -2.50. The summed E-state index contributed by atoms with van der Waals surface area (Å²) >= 11 is 0. The molecule has 1 amide bonds. The Morgan fingerprint density at radius 3 is 2.28 bits per heavy atom. The summed E-state index contributed by atoms with van der Waals surface area (Å²) < 4.78 is 38.5. The Kier molecular flexibility index (Phi) is 5.23. The molecule has 0 saturated carbocycles. The number of hydrogen-bond acceptors (Lipinski definition) is 5. The normalized spacial score (nSPS) is 17.2. The molecule has 0 bridgehead atoms. The molecule has 2 aliphatic rings. The topological polar surface area (TPSA) is 76.2 Å². The average molecular weight is 416 g/mol. The van der Waals surface area contributed by atoms with E-state index in [-0.39, 0.29) is 23.9 Å². The Balaban J connectivity index is 1.47. The zero-order valence-corrected chi connectivity index (χ0v) is 17.4. The van der Waals surface area contributed by atoms with Gasteiger partial charge >= 0.3 is 0 Å². The summed E-state index contributed by atoms with van der Waals surface area (Å²) in [5.74, 6) is 0.943. The highest BCUT2D eigenvalue weighted by Crippen LogP contribution is 2.33. The molecule has 0 radical (unpaired) electrons. The fourth-order valence-electron chi connectivity index (χ4n) is 3.69. The summed E-state index contributed by atoms with van der Waals surface area (Å²) in [5, 5.41) is 0. The number of ether oxygens (including phenoxy) is 2. The maximum absolute atomic E-state index is 13.0. The minimum Gasteiger partial charge on any atom is -0.486 e. The van der Waals surface area contributed by atoms with Crippen LogP contribution in [0.4, 0.5) is 0 Å². The summed E-state index contributed by atoms with van der Waals surface area (Å²) in [6.45, 7) is 5.99. The molecule has 29 heavy (non-hydrogen) atoms. The lowest BCUT2D eigenvalue weighted by molar-refractivity contribution is 0.0697. The van der Waals surface area contributed by atoms with E-state index in [1.807, 2.05) is 32.0 Å². The van der Waals surface area contributed by atoms with Crippen LogP contribution < -0.4 is 9.47 Å². The molecule has 1 fully saturated rings. The van der Waals surface area contributed by atoms with Gasteiger partial charge in [-0.3, -0.25) is 4.79 Å². The molecule has 8 heteroatoms. The predicted molar refractivity (Wildman–Crippen MR) is 108 cm³/mol. The van der Waals surface area contributed by atoms with Gasteiger partial charge in [0.25, 0.3) is 5.91 Å². The number of amides is 1. The number of benzene rings is 2. The molecule has 0 N–H and O–H groups in total. The van der Waals surface area contributed by atoms with E-state index in [1.165, 1.54) is 16.4 Å². The first-order chi connectivity index (χ1) is 13.9. The summed E-state index contributed by atoms with van der Waals surface area (Å²) in [4.78, 5) is 14.7. The standard InChI is InChI=1S/C21H24N2O5S/c1-15-3-5-18(16(2)13-15)21(24)22-7-9-23(10-8-22)29(25,26)17-4-6-19-20(14-17)28-12-11-27-19/h3-6,13-14H,7-12H2,1-2H3. The van der Waals surface area contributed by atoms with Crippen LogP contribution in [-0.4, -0.2) is 62.9 Å². The number of piperazine rings is 1. The third-order valence-corrected chi connectivity index (χ3v) is 7.18. The number of fused-ring (bicyclic) bond motifs is 1. The zero-order valence-electron chi connectivity index (χ0n) is 16.6. The first-order valence-corrected chi connectivity index (χ1v) is 11.1. The van der Waals surface area contributed by atoms with E-state index in [0.717, 1.165) is 11.1 Å². The molecule has 154 valence electrons. The van der Waals surface area contributed by atoms with Gasteiger partial charge in [-0.1, -0.05) is 17.7 Å². The van der Waals surface area contributed by atoms with Gasteiger partial charge in [0.1, 0.15) is 13.2 Å². The average Bonchev–Trinajstić information content (AvgIpc) is 2.73. The molecular weight excluding hydrogens is 392 g/mol. The van der Waals surface area contributed by atoms with Crippen molar-refractivity contribution in [3.8, 4) is 11.5 Å². The van der Waals surface area contributed by atoms with Gasteiger partial charge < -0.3 is 14.4 Å². The number of nitrogens with zero attached hydrogens (tertiary/aromatic N) is 2. The monoisotopic (exact) mass is 416 g/mol. The number of carbonyl (C=O) groups excluding carboxylic acids is 1. The maximum Gasteiger partial charge on any atom is 0.254 e. The van der Waals surface area contributed by atoms with Crippen LogP contribution in [0.2, 0.25) is 0 Å². The molecule has 0 aliphatic carbocycles. The van der Waals surface area contributed by atoms with E-state index in [4.69, 9.17) is 9.47 Å². The molecule has 4 rings (SSSR count). The van der Waals surface area contributed by atoms with Crippen LogP contribution in [0.15, 0.2) is 41.3 Å². The second kappa shape index (κ2) is 7.68. The molecule has 1 saturated heterocycles. The molecule has 0 aromatic heterocycles. The second-order valence-electron chi connectivity index (χ2n) is 7.32. The van der Waals surface area contributed by atoms with Crippen molar-refractivity contribution in [3.63, 3.8) is 0 Å². The summed E-state index contributed by atoms with van der Waals surface area (Å²) in [5.41, 5.74) is 2.70. The number of carbonyl (C=O) groups is 1. The Morgan fingerprint density at radius 1 is 0.897 bits per heavy atom.